The van der Waals surface area contributed by atoms with Gasteiger partial charge in [-0.05, 0) is 49.4 Å². The van der Waals surface area contributed by atoms with Gasteiger partial charge in [-0.3, -0.25) is 25.6 Å². The fourth-order valence-electron chi connectivity index (χ4n) is 2.62. The predicted molar refractivity (Wildman–Crippen MR) is 126 cm³/mol. The molecule has 0 aliphatic carbocycles. The Bertz CT molecular complexity index is 952. The molecule has 0 fully saturated rings. The third-order valence-corrected chi connectivity index (χ3v) is 5.02. The van der Waals surface area contributed by atoms with Crippen LogP contribution in [0.2, 0.25) is 0 Å². The molecule has 1 amide bonds. The minimum Gasteiger partial charge on any atom is -0.404 e. The van der Waals surface area contributed by atoms with Crippen LogP contribution in [0.15, 0.2) is 52.7 Å². The highest BCUT2D eigenvalue weighted by Crippen LogP contribution is 2.22. The fourth-order valence-corrected chi connectivity index (χ4v) is 3.13. The number of nitrogens with one attached hydrogen (secondary N) is 4. The van der Waals surface area contributed by atoms with Gasteiger partial charge in [-0.15, -0.1) is 0 Å². The maximum absolute atomic E-state index is 12.6. The predicted octanol–water partition coefficient (Wildman–Crippen LogP) is 3.56. The molecule has 8 nitrogen and oxygen atoms in total. The number of carbonyl (C=O) groups excluding carboxylic acids is 1. The number of halogens is 3. The lowest BCUT2D eigenvalue weighted by Crippen LogP contribution is -2.33. The molecule has 180 valence electrons. The smallest absolute Gasteiger partial charge is 0.399 e. The molecule has 0 spiro atoms. The Hall–Kier alpha value is -3.15. The number of hydrogen-bond acceptors (Lipinski definition) is 7. The van der Waals surface area contributed by atoms with Gasteiger partial charge in [0.25, 0.3) is 0 Å². The van der Waals surface area contributed by atoms with Crippen LogP contribution in [0.25, 0.3) is 0 Å². The number of aromatic nitrogens is 1. The summed E-state index contributed by atoms with van der Waals surface area (Å²) in [6.45, 7) is 0.616. The van der Waals surface area contributed by atoms with E-state index in [0.717, 1.165) is 36.5 Å². The Labute approximate surface area is 194 Å². The van der Waals surface area contributed by atoms with E-state index in [-0.39, 0.29) is 40.3 Å². The highest BCUT2D eigenvalue weighted by atomic mass is 32.2. The van der Waals surface area contributed by atoms with E-state index in [1.165, 1.54) is 18.3 Å². The molecular formula is C21H28F3N7OS. The highest BCUT2D eigenvalue weighted by molar-refractivity contribution is 7.98. The van der Waals surface area contributed by atoms with Crippen LogP contribution in [0.4, 0.5) is 13.2 Å². The van der Waals surface area contributed by atoms with E-state index in [2.05, 4.69) is 9.71 Å². The molecule has 0 aromatic carbocycles. The van der Waals surface area contributed by atoms with E-state index in [1.807, 2.05) is 0 Å². The van der Waals surface area contributed by atoms with Crippen molar-refractivity contribution < 1.29 is 18.0 Å². The molecule has 0 aliphatic rings. The van der Waals surface area contributed by atoms with Gasteiger partial charge in [-0.1, -0.05) is 25.0 Å². The number of rotatable bonds is 14. The van der Waals surface area contributed by atoms with E-state index in [1.54, 1.807) is 18.2 Å². The van der Waals surface area contributed by atoms with Gasteiger partial charge < -0.3 is 11.1 Å². The maximum atomic E-state index is 12.6. The summed E-state index contributed by atoms with van der Waals surface area (Å²) in [6.07, 6.45) is 6.11. The van der Waals surface area contributed by atoms with E-state index in [4.69, 9.17) is 22.0 Å². The Morgan fingerprint density at radius 1 is 1.21 bits per heavy atom. The van der Waals surface area contributed by atoms with E-state index >= 15 is 0 Å². The van der Waals surface area contributed by atoms with E-state index < -0.39 is 11.9 Å². The zero-order valence-corrected chi connectivity index (χ0v) is 18.8. The summed E-state index contributed by atoms with van der Waals surface area (Å²) >= 11 is 0.288. The molecule has 1 aromatic heterocycles. The number of amides is 1. The molecule has 1 rings (SSSR count). The van der Waals surface area contributed by atoms with E-state index in [0.29, 0.717) is 19.4 Å². The minimum atomic E-state index is -4.41. The lowest BCUT2D eigenvalue weighted by molar-refractivity contribution is -0.109. The summed E-state index contributed by atoms with van der Waals surface area (Å²) < 4.78 is 42.8. The molecule has 0 radical (unpaired) electrons. The van der Waals surface area contributed by atoms with Crippen molar-refractivity contribution in [1.82, 2.24) is 9.88 Å². The lowest BCUT2D eigenvalue weighted by atomic mass is 10.0. The number of nitrogens with zero attached hydrogens (tertiary/aromatic N) is 2. The molecule has 0 saturated carbocycles. The number of carbonyl (C=O) groups is 1. The normalized spacial score (nSPS) is 12.7. The molecule has 33 heavy (non-hydrogen) atoms. The first-order chi connectivity index (χ1) is 15.7. The number of unbranched alkanes of at least 4 members (excludes halogenated alkanes) is 4. The first-order valence-electron chi connectivity index (χ1n) is 10.1. The molecule has 0 atom stereocenters. The van der Waals surface area contributed by atoms with Crippen LogP contribution in [0.5, 0.6) is 0 Å². The van der Waals surface area contributed by atoms with Gasteiger partial charge in [0.2, 0.25) is 6.41 Å². The third kappa shape index (κ3) is 10.8. The van der Waals surface area contributed by atoms with Gasteiger partial charge in [-0.25, -0.2) is 4.40 Å². The number of nitrogens with two attached hydrogens (primary N) is 1. The van der Waals surface area contributed by atoms with Gasteiger partial charge in [-0.2, -0.15) is 13.2 Å². The Morgan fingerprint density at radius 2 is 1.94 bits per heavy atom. The van der Waals surface area contributed by atoms with Crippen molar-refractivity contribution in [1.29, 1.82) is 16.2 Å². The summed E-state index contributed by atoms with van der Waals surface area (Å²) in [5, 5.41) is 27.1. The standard InChI is InChI=1S/C21H28F3N7OS/c22-21(23,24)14-33-30-17(9-5-3-1-2-4-7-11-29-15-32)16(13-25)19(27)20(28)31-12-8-6-10-18(31)26/h5-6,8-10,12-13,15,26-28H,1-4,7,11,14,25H2,(H,29,32)/b9-5+,16-13?,26-18?,27-19?,28-20?,30-17?. The van der Waals surface area contributed by atoms with Gasteiger partial charge in [0.15, 0.2) is 5.84 Å². The topological polar surface area (TPSA) is 144 Å². The van der Waals surface area contributed by atoms with Crippen LogP contribution in [-0.4, -0.2) is 46.7 Å². The Kier molecular flexibility index (Phi) is 12.5. The SMILES string of the molecule is N=C(C(=N)n1ccccc1=N)C(=CN)C(/C=C/CCCCCCNC=O)=NSCC(F)(F)F. The monoisotopic (exact) mass is 483 g/mol. The quantitative estimate of drug-likeness (QED) is 0.0907. The number of hydrogen-bond donors (Lipinski definition) is 5. The van der Waals surface area contributed by atoms with Crippen molar-refractivity contribution in [2.75, 3.05) is 12.3 Å². The van der Waals surface area contributed by atoms with Gasteiger partial charge in [0, 0.05) is 24.5 Å². The number of allylic oxidation sites excluding steroid dienone is 3. The zero-order valence-electron chi connectivity index (χ0n) is 18.0. The minimum absolute atomic E-state index is 0.0124. The number of pyridine rings is 1. The van der Waals surface area contributed by atoms with Gasteiger partial charge in [0.05, 0.1) is 5.71 Å². The zero-order chi connectivity index (χ0) is 24.7. The first kappa shape index (κ1) is 27.9. The van der Waals surface area contributed by atoms with Crippen molar-refractivity contribution in [3.05, 3.63) is 53.8 Å². The largest absolute Gasteiger partial charge is 0.404 e. The van der Waals surface area contributed by atoms with Gasteiger partial charge >= 0.3 is 6.18 Å². The van der Waals surface area contributed by atoms with Crippen LogP contribution in [0, 0.1) is 16.2 Å². The second kappa shape index (κ2) is 14.8. The first-order valence-corrected chi connectivity index (χ1v) is 11.1. The molecule has 1 heterocycles. The molecular weight excluding hydrogens is 455 g/mol. The van der Waals surface area contributed by atoms with Crippen molar-refractivity contribution >= 4 is 35.6 Å². The van der Waals surface area contributed by atoms with Crippen LogP contribution < -0.4 is 16.5 Å². The third-order valence-electron chi connectivity index (χ3n) is 4.24. The van der Waals surface area contributed by atoms with Crippen molar-refractivity contribution in [2.45, 2.75) is 38.3 Å². The molecule has 0 saturated heterocycles. The average molecular weight is 484 g/mol. The second-order valence-electron chi connectivity index (χ2n) is 6.80. The summed E-state index contributed by atoms with van der Waals surface area (Å²) in [7, 11) is 0. The Balaban J connectivity index is 2.92. The molecule has 0 bridgehead atoms. The van der Waals surface area contributed by atoms with Gasteiger partial charge in [0.1, 0.15) is 17.0 Å². The molecule has 1 aromatic rings. The van der Waals surface area contributed by atoms with Crippen LogP contribution >= 0.6 is 11.9 Å². The highest BCUT2D eigenvalue weighted by Gasteiger charge is 2.27. The Morgan fingerprint density at radius 3 is 2.58 bits per heavy atom. The maximum Gasteiger partial charge on any atom is 0.399 e. The molecule has 0 unspecified atom stereocenters. The summed E-state index contributed by atoms with van der Waals surface area (Å²) in [6, 6.07) is 4.64. The van der Waals surface area contributed by atoms with Crippen molar-refractivity contribution in [3.8, 4) is 0 Å². The molecule has 0 aliphatic heterocycles. The van der Waals surface area contributed by atoms with E-state index in [9.17, 15) is 18.0 Å². The van der Waals surface area contributed by atoms with Crippen LogP contribution in [0.3, 0.4) is 0 Å². The lowest BCUT2D eigenvalue weighted by Gasteiger charge is -2.13. The van der Waals surface area contributed by atoms with Crippen LogP contribution in [-0.2, 0) is 4.79 Å². The molecule has 6 N–H and O–H groups in total. The summed E-state index contributed by atoms with van der Waals surface area (Å²) in [5.41, 5.74) is 5.28. The fraction of sp³-hybridized carbons (Fsp3) is 0.381. The second-order valence-corrected chi connectivity index (χ2v) is 7.53. The number of alkyl halides is 3. The van der Waals surface area contributed by atoms with Crippen LogP contribution in [0.1, 0.15) is 32.1 Å². The summed E-state index contributed by atoms with van der Waals surface area (Å²) in [4.78, 5) is 10.2. The van der Waals surface area contributed by atoms with Crippen molar-refractivity contribution in [2.24, 2.45) is 10.1 Å². The van der Waals surface area contributed by atoms with Crippen molar-refractivity contribution in [3.63, 3.8) is 0 Å². The summed E-state index contributed by atoms with van der Waals surface area (Å²) in [5.74, 6) is -1.56. The molecule has 12 heteroatoms. The average Bonchev–Trinajstić information content (AvgIpc) is 2.77.